The average Bonchev–Trinajstić information content (AvgIpc) is 2.55. The lowest BCUT2D eigenvalue weighted by atomic mass is 10.0. The van der Waals surface area contributed by atoms with Gasteiger partial charge >= 0.3 is 0 Å². The Morgan fingerprint density at radius 3 is 1.68 bits per heavy atom. The molecule has 0 aliphatic carbocycles. The lowest BCUT2D eigenvalue weighted by Crippen LogP contribution is -2.37. The van der Waals surface area contributed by atoms with Crippen LogP contribution in [0.4, 0.5) is 0 Å². The van der Waals surface area contributed by atoms with E-state index < -0.39 is 8.07 Å². The zero-order valence-corrected chi connectivity index (χ0v) is 14.4. The molecule has 0 radical (unpaired) electrons. The van der Waals surface area contributed by atoms with Crippen LogP contribution >= 0.6 is 0 Å². The van der Waals surface area contributed by atoms with Crippen LogP contribution in [0, 0.1) is 0 Å². The summed E-state index contributed by atoms with van der Waals surface area (Å²) in [5.74, 6) is 0. The van der Waals surface area contributed by atoms with Gasteiger partial charge in [0.15, 0.2) is 0 Å². The first-order valence-electron chi connectivity index (χ1n) is 7.66. The van der Waals surface area contributed by atoms with Crippen molar-refractivity contribution in [3.8, 4) is 22.4 Å². The normalized spacial score (nSPS) is 11.4. The summed E-state index contributed by atoms with van der Waals surface area (Å²) in [6.07, 6.45) is 1.83. The second kappa shape index (κ2) is 5.89. The van der Waals surface area contributed by atoms with Crippen molar-refractivity contribution >= 4 is 13.3 Å². The van der Waals surface area contributed by atoms with Crippen LogP contribution in [0.5, 0.6) is 0 Å². The Balaban J connectivity index is 1.87. The predicted octanol–water partition coefficient (Wildman–Crippen LogP) is 4.96. The maximum absolute atomic E-state index is 4.39. The minimum atomic E-state index is -1.22. The molecule has 2 aromatic carbocycles. The van der Waals surface area contributed by atoms with Crippen molar-refractivity contribution in [1.82, 2.24) is 4.98 Å². The van der Waals surface area contributed by atoms with Gasteiger partial charge in [0, 0.05) is 11.8 Å². The van der Waals surface area contributed by atoms with E-state index in [1.54, 1.807) is 0 Å². The van der Waals surface area contributed by atoms with Gasteiger partial charge in [-0.05, 0) is 23.3 Å². The summed E-state index contributed by atoms with van der Waals surface area (Å²) < 4.78 is 0. The fourth-order valence-electron chi connectivity index (χ4n) is 2.53. The van der Waals surface area contributed by atoms with Gasteiger partial charge in [-0.1, -0.05) is 79.4 Å². The summed E-state index contributed by atoms with van der Waals surface area (Å²) in [7, 11) is -1.22. The van der Waals surface area contributed by atoms with E-state index in [-0.39, 0.29) is 0 Å². The SMILES string of the molecule is C[Si](C)(C)c1ccc(-c2ccc(-c3ccccn3)cc2)cc1. The molecule has 22 heavy (non-hydrogen) atoms. The molecule has 0 N–H and O–H groups in total. The molecule has 0 fully saturated rings. The number of aromatic nitrogens is 1. The van der Waals surface area contributed by atoms with Crippen LogP contribution in [0.3, 0.4) is 0 Å². The maximum atomic E-state index is 4.39. The number of pyridine rings is 1. The van der Waals surface area contributed by atoms with E-state index in [0.29, 0.717) is 0 Å². The van der Waals surface area contributed by atoms with Crippen molar-refractivity contribution < 1.29 is 0 Å². The van der Waals surface area contributed by atoms with Crippen molar-refractivity contribution in [1.29, 1.82) is 0 Å². The van der Waals surface area contributed by atoms with Crippen LogP contribution in [0.25, 0.3) is 22.4 Å². The third-order valence-electron chi connectivity index (χ3n) is 3.93. The fraction of sp³-hybridized carbons (Fsp3) is 0.150. The molecule has 110 valence electrons. The lowest BCUT2D eigenvalue weighted by molar-refractivity contribution is 1.33. The quantitative estimate of drug-likeness (QED) is 0.623. The summed E-state index contributed by atoms with van der Waals surface area (Å²) in [6.45, 7) is 7.14. The molecule has 2 heteroatoms. The molecule has 3 aromatic rings. The van der Waals surface area contributed by atoms with Gasteiger partial charge in [0.2, 0.25) is 0 Å². The van der Waals surface area contributed by atoms with Gasteiger partial charge in [-0.3, -0.25) is 4.98 Å². The zero-order valence-electron chi connectivity index (χ0n) is 13.4. The molecule has 1 heterocycles. The van der Waals surface area contributed by atoms with Crippen LogP contribution < -0.4 is 5.19 Å². The summed E-state index contributed by atoms with van der Waals surface area (Å²) in [5, 5.41) is 1.50. The van der Waals surface area contributed by atoms with Crippen molar-refractivity contribution in [3.63, 3.8) is 0 Å². The van der Waals surface area contributed by atoms with E-state index in [9.17, 15) is 0 Å². The Bertz CT molecular complexity index is 738. The third kappa shape index (κ3) is 3.17. The molecule has 0 atom stereocenters. The van der Waals surface area contributed by atoms with Crippen LogP contribution in [0.2, 0.25) is 19.6 Å². The Kier molecular flexibility index (Phi) is 3.95. The summed E-state index contributed by atoms with van der Waals surface area (Å²) in [6, 6.07) is 23.7. The van der Waals surface area contributed by atoms with Gasteiger partial charge in [-0.2, -0.15) is 0 Å². The molecule has 3 rings (SSSR count). The zero-order chi connectivity index (χ0) is 15.6. The van der Waals surface area contributed by atoms with Gasteiger partial charge in [0.25, 0.3) is 0 Å². The first kappa shape index (κ1) is 14.7. The van der Waals surface area contributed by atoms with E-state index in [2.05, 4.69) is 73.2 Å². The highest BCUT2D eigenvalue weighted by Gasteiger charge is 2.15. The molecule has 0 saturated heterocycles. The number of nitrogens with zero attached hydrogens (tertiary/aromatic N) is 1. The van der Waals surface area contributed by atoms with Crippen LogP contribution in [-0.2, 0) is 0 Å². The Morgan fingerprint density at radius 1 is 0.636 bits per heavy atom. The van der Waals surface area contributed by atoms with Gasteiger partial charge in [0.05, 0.1) is 13.8 Å². The summed E-state index contributed by atoms with van der Waals surface area (Å²) in [5.41, 5.74) is 4.70. The van der Waals surface area contributed by atoms with Crippen molar-refractivity contribution in [2.45, 2.75) is 19.6 Å². The van der Waals surface area contributed by atoms with Gasteiger partial charge in [-0.15, -0.1) is 0 Å². The maximum Gasteiger partial charge on any atom is 0.0775 e. The highest BCUT2D eigenvalue weighted by Crippen LogP contribution is 2.23. The Hall–Kier alpha value is -2.19. The van der Waals surface area contributed by atoms with Crippen molar-refractivity contribution in [3.05, 3.63) is 72.9 Å². The number of rotatable bonds is 3. The van der Waals surface area contributed by atoms with Crippen LogP contribution in [0.15, 0.2) is 72.9 Å². The van der Waals surface area contributed by atoms with E-state index in [1.807, 2.05) is 24.4 Å². The van der Waals surface area contributed by atoms with Crippen LogP contribution in [0.1, 0.15) is 0 Å². The Labute approximate surface area is 133 Å². The van der Waals surface area contributed by atoms with E-state index in [4.69, 9.17) is 0 Å². The number of benzene rings is 2. The molecule has 0 aliphatic heterocycles. The lowest BCUT2D eigenvalue weighted by Gasteiger charge is -2.16. The molecule has 0 amide bonds. The molecule has 0 saturated carbocycles. The van der Waals surface area contributed by atoms with Crippen molar-refractivity contribution in [2.75, 3.05) is 0 Å². The van der Waals surface area contributed by atoms with Gasteiger partial charge in [-0.25, -0.2) is 0 Å². The molecule has 0 bridgehead atoms. The molecular formula is C20H21NSi. The molecule has 0 unspecified atom stereocenters. The average molecular weight is 303 g/mol. The monoisotopic (exact) mass is 303 g/mol. The fourth-order valence-corrected chi connectivity index (χ4v) is 3.70. The third-order valence-corrected chi connectivity index (χ3v) is 6.00. The van der Waals surface area contributed by atoms with E-state index >= 15 is 0 Å². The first-order valence-corrected chi connectivity index (χ1v) is 11.2. The standard InChI is InChI=1S/C20H21NSi/c1-22(2,3)19-13-11-17(12-14-19)16-7-9-18(10-8-16)20-6-4-5-15-21-20/h4-15H,1-3H3. The minimum absolute atomic E-state index is 1.02. The van der Waals surface area contributed by atoms with E-state index in [0.717, 1.165) is 11.3 Å². The van der Waals surface area contributed by atoms with Crippen LogP contribution in [-0.4, -0.2) is 13.1 Å². The molecule has 1 nitrogen and oxygen atoms in total. The molecule has 0 spiro atoms. The smallest absolute Gasteiger partial charge is 0.0775 e. The highest BCUT2D eigenvalue weighted by molar-refractivity contribution is 6.88. The molecule has 1 aromatic heterocycles. The molecule has 0 aliphatic rings. The molecular weight excluding hydrogens is 282 g/mol. The van der Waals surface area contributed by atoms with Gasteiger partial charge in [0.1, 0.15) is 0 Å². The highest BCUT2D eigenvalue weighted by atomic mass is 28.3. The second-order valence-electron chi connectivity index (χ2n) is 6.62. The first-order chi connectivity index (χ1) is 10.5. The number of hydrogen-bond donors (Lipinski definition) is 0. The van der Waals surface area contributed by atoms with Gasteiger partial charge < -0.3 is 0 Å². The predicted molar refractivity (Wildman–Crippen MR) is 98.1 cm³/mol. The number of hydrogen-bond acceptors (Lipinski definition) is 1. The topological polar surface area (TPSA) is 12.9 Å². The van der Waals surface area contributed by atoms with E-state index in [1.165, 1.54) is 16.3 Å². The summed E-state index contributed by atoms with van der Waals surface area (Å²) in [4.78, 5) is 4.39. The Morgan fingerprint density at radius 2 is 1.18 bits per heavy atom. The summed E-state index contributed by atoms with van der Waals surface area (Å²) >= 11 is 0. The second-order valence-corrected chi connectivity index (χ2v) is 11.7. The largest absolute Gasteiger partial charge is 0.256 e. The van der Waals surface area contributed by atoms with Crippen molar-refractivity contribution in [2.24, 2.45) is 0 Å². The minimum Gasteiger partial charge on any atom is -0.256 e.